The first-order valence-electron chi connectivity index (χ1n) is 24.7. The number of urea groups is 1. The van der Waals surface area contributed by atoms with Gasteiger partial charge in [0.1, 0.15) is 19.0 Å². The number of fused-ring (bicyclic) bond motifs is 1. The van der Waals surface area contributed by atoms with Crippen molar-refractivity contribution >= 4 is 35.5 Å². The topological polar surface area (TPSA) is 256 Å². The van der Waals surface area contributed by atoms with E-state index in [9.17, 15) is 19.2 Å². The van der Waals surface area contributed by atoms with Gasteiger partial charge in [-0.1, -0.05) is 68.3 Å². The molecule has 6 rings (SSSR count). The number of aromatic amines is 1. The van der Waals surface area contributed by atoms with Crippen LogP contribution in [-0.4, -0.2) is 169 Å². The van der Waals surface area contributed by atoms with Crippen molar-refractivity contribution in [3.8, 4) is 22.5 Å². The fourth-order valence-electron chi connectivity index (χ4n) is 8.17. The molecule has 2 aliphatic heterocycles. The molecule has 21 nitrogen and oxygen atoms in total. The van der Waals surface area contributed by atoms with Gasteiger partial charge in [-0.25, -0.2) is 9.78 Å². The normalized spacial score (nSPS) is 16.1. The third kappa shape index (κ3) is 18.9. The molecule has 22 heteroatoms. The summed E-state index contributed by atoms with van der Waals surface area (Å²) in [6.07, 6.45) is 6.13. The molecule has 4 aromatic rings. The highest BCUT2D eigenvalue weighted by Gasteiger charge is 2.42. The molecule has 2 saturated heterocycles. The number of aryl methyl sites for hydroxylation is 2. The Morgan fingerprint density at radius 2 is 1.38 bits per heavy atom. The summed E-state index contributed by atoms with van der Waals surface area (Å²) in [5.41, 5.74) is 5.79. The number of nitrogens with zero attached hydrogens (tertiary/aromatic N) is 5. The fourth-order valence-corrected chi connectivity index (χ4v) is 9.72. The van der Waals surface area contributed by atoms with E-state index in [0.717, 1.165) is 83.7 Å². The molecular formula is C49H71N11O10S. The number of imidazole rings is 1. The molecule has 0 aliphatic carbocycles. The smallest absolute Gasteiger partial charge is 0.315 e. The number of hydrogen-bond acceptors (Lipinski definition) is 15. The summed E-state index contributed by atoms with van der Waals surface area (Å²) in [6, 6.07) is 16.7. The lowest BCUT2D eigenvalue weighted by Gasteiger charge is -2.16. The lowest BCUT2D eigenvalue weighted by molar-refractivity contribution is -0.131. The molecule has 2 aromatic heterocycles. The zero-order valence-corrected chi connectivity index (χ0v) is 41.9. The van der Waals surface area contributed by atoms with Crippen LogP contribution in [0.5, 0.6) is 0 Å². The number of tetrazole rings is 1. The van der Waals surface area contributed by atoms with E-state index in [4.69, 9.17) is 33.4 Å². The maximum Gasteiger partial charge on any atom is 0.315 e. The Labute approximate surface area is 419 Å². The average molecular weight is 1010 g/mol. The molecule has 0 spiro atoms. The SMILES string of the molecule is CCCCc1nc(C)c(CNC(=O)COCC(=O)NCCOCCOCCOCCOCCOCCNC(=O)CCCC[C@@H]2SC[C@@H]3NC(=O)N[C@@H]32)n1Cc1ccc(-c2ccccc2-c2nn[nH]n2)cc1. The van der Waals surface area contributed by atoms with Crippen LogP contribution < -0.4 is 26.6 Å². The van der Waals surface area contributed by atoms with Crippen LogP contribution in [0.1, 0.15) is 68.2 Å². The maximum atomic E-state index is 12.8. The number of nitrogens with one attached hydrogen (secondary N) is 6. The molecule has 5 amide bonds. The van der Waals surface area contributed by atoms with E-state index in [-0.39, 0.29) is 55.6 Å². The van der Waals surface area contributed by atoms with Gasteiger partial charge >= 0.3 is 6.03 Å². The van der Waals surface area contributed by atoms with Crippen LogP contribution in [0.25, 0.3) is 22.5 Å². The molecule has 0 bridgehead atoms. The predicted octanol–water partition coefficient (Wildman–Crippen LogP) is 3.10. The molecular weight excluding hydrogens is 935 g/mol. The van der Waals surface area contributed by atoms with E-state index in [1.165, 1.54) is 0 Å². The first-order chi connectivity index (χ1) is 34.8. The predicted molar refractivity (Wildman–Crippen MR) is 266 cm³/mol. The number of carbonyl (C=O) groups excluding carboxylic acids is 4. The minimum Gasteiger partial charge on any atom is -0.377 e. The Morgan fingerprint density at radius 3 is 2.03 bits per heavy atom. The minimum atomic E-state index is -0.345. The average Bonchev–Trinajstić information content (AvgIpc) is 4.18. The summed E-state index contributed by atoms with van der Waals surface area (Å²) >= 11 is 1.89. The van der Waals surface area contributed by atoms with Gasteiger partial charge in [-0.2, -0.15) is 17.0 Å². The number of H-pyrrole nitrogens is 1. The number of benzene rings is 2. The highest BCUT2D eigenvalue weighted by Crippen LogP contribution is 2.33. The van der Waals surface area contributed by atoms with Crippen molar-refractivity contribution in [2.24, 2.45) is 0 Å². The minimum absolute atomic E-state index is 0.0263. The van der Waals surface area contributed by atoms with E-state index in [0.29, 0.717) is 103 Å². The van der Waals surface area contributed by atoms with Gasteiger partial charge in [0, 0.05) is 49.0 Å². The maximum absolute atomic E-state index is 12.8. The quantitative estimate of drug-likeness (QED) is 0.0283. The van der Waals surface area contributed by atoms with Gasteiger partial charge in [0.05, 0.1) is 96.1 Å². The Kier molecular flexibility index (Phi) is 24.0. The molecule has 6 N–H and O–H groups in total. The number of aromatic nitrogens is 6. The molecule has 0 radical (unpaired) electrons. The van der Waals surface area contributed by atoms with Crippen molar-refractivity contribution in [1.82, 2.24) is 56.8 Å². The summed E-state index contributed by atoms with van der Waals surface area (Å²) in [5.74, 6) is 1.80. The van der Waals surface area contributed by atoms with Crippen LogP contribution in [0.15, 0.2) is 48.5 Å². The highest BCUT2D eigenvalue weighted by atomic mass is 32.2. The van der Waals surface area contributed by atoms with E-state index >= 15 is 0 Å². The molecule has 0 saturated carbocycles. The molecule has 4 heterocycles. The zero-order valence-electron chi connectivity index (χ0n) is 41.0. The summed E-state index contributed by atoms with van der Waals surface area (Å²) in [5, 5.41) is 29.5. The molecule has 2 fully saturated rings. The van der Waals surface area contributed by atoms with Gasteiger partial charge in [0.15, 0.2) is 0 Å². The largest absolute Gasteiger partial charge is 0.377 e. The van der Waals surface area contributed by atoms with Gasteiger partial charge in [-0.15, -0.1) is 10.2 Å². The van der Waals surface area contributed by atoms with Crippen molar-refractivity contribution in [2.45, 2.75) is 89.2 Å². The van der Waals surface area contributed by atoms with Crippen LogP contribution in [0.4, 0.5) is 4.79 Å². The van der Waals surface area contributed by atoms with Crippen LogP contribution in [0, 0.1) is 6.92 Å². The van der Waals surface area contributed by atoms with E-state index in [2.05, 4.69) is 83.0 Å². The fraction of sp³-hybridized carbons (Fsp3) is 0.592. The molecule has 0 unspecified atom stereocenters. The number of carbonyl (C=O) groups is 4. The number of unbranched alkanes of at least 4 members (excludes halogenated alkanes) is 2. The standard InChI is InChI=1S/C49H71N11O10S/c1-3-4-12-43-53-35(2)41(60(43)31-36-14-16-37(17-15-36)38-9-5-6-10-39(38)48-56-58-59-57-48)30-52-46(63)33-70-32-45(62)51-19-21-66-23-25-68-27-29-69-28-26-67-24-22-65-20-18-50-44(61)13-8-7-11-42-47-40(34-71-42)54-49(64)55-47/h5-6,9-10,14-17,40,42,47H,3-4,7-8,11-13,18-34H2,1-2H3,(H,50,61)(H,51,62)(H,52,63)(H2,54,55,64)(H,56,57,58,59)/t40-,42-,47-/m0/s1. The van der Waals surface area contributed by atoms with Crippen LogP contribution in [-0.2, 0) is 62.3 Å². The van der Waals surface area contributed by atoms with Gasteiger partial charge in [0.2, 0.25) is 23.5 Å². The monoisotopic (exact) mass is 1010 g/mol. The second-order valence-electron chi connectivity index (χ2n) is 17.1. The number of amides is 5. The van der Waals surface area contributed by atoms with E-state index in [1.54, 1.807) is 0 Å². The van der Waals surface area contributed by atoms with Gasteiger partial charge < -0.3 is 59.6 Å². The second-order valence-corrected chi connectivity index (χ2v) is 18.4. The molecule has 2 aliphatic rings. The lowest BCUT2D eigenvalue weighted by atomic mass is 9.98. The number of rotatable bonds is 36. The Hall–Kier alpha value is -5.49. The van der Waals surface area contributed by atoms with Crippen LogP contribution in [0.2, 0.25) is 0 Å². The van der Waals surface area contributed by atoms with Gasteiger partial charge in [-0.3, -0.25) is 14.4 Å². The van der Waals surface area contributed by atoms with Crippen molar-refractivity contribution < 1.29 is 47.6 Å². The summed E-state index contributed by atoms with van der Waals surface area (Å²) in [4.78, 5) is 53.6. The zero-order chi connectivity index (χ0) is 49.9. The molecule has 388 valence electrons. The van der Waals surface area contributed by atoms with Crippen LogP contribution in [0.3, 0.4) is 0 Å². The Balaban J connectivity index is 0.715. The summed E-state index contributed by atoms with van der Waals surface area (Å²) < 4.78 is 35.2. The van der Waals surface area contributed by atoms with Crippen molar-refractivity contribution in [3.63, 3.8) is 0 Å². The number of thioether (sulfide) groups is 1. The van der Waals surface area contributed by atoms with E-state index < -0.39 is 0 Å². The molecule has 71 heavy (non-hydrogen) atoms. The van der Waals surface area contributed by atoms with Crippen LogP contribution >= 0.6 is 11.8 Å². The second kappa shape index (κ2) is 31.1. The number of hydrogen-bond donors (Lipinski definition) is 6. The van der Waals surface area contributed by atoms with Gasteiger partial charge in [0.25, 0.3) is 0 Å². The first kappa shape index (κ1) is 54.8. The summed E-state index contributed by atoms with van der Waals surface area (Å²) in [6.45, 7) is 9.26. The van der Waals surface area contributed by atoms with Crippen molar-refractivity contribution in [2.75, 3.05) is 98.1 Å². The van der Waals surface area contributed by atoms with Gasteiger partial charge in [-0.05, 0) is 48.1 Å². The molecule has 3 atom stereocenters. The van der Waals surface area contributed by atoms with E-state index in [1.807, 2.05) is 43.0 Å². The Morgan fingerprint density at radius 1 is 0.746 bits per heavy atom. The first-order valence-corrected chi connectivity index (χ1v) is 25.8. The molecule has 2 aromatic carbocycles. The van der Waals surface area contributed by atoms with Crippen molar-refractivity contribution in [3.05, 3.63) is 71.3 Å². The lowest BCUT2D eigenvalue weighted by Crippen LogP contribution is -2.36. The third-order valence-corrected chi connectivity index (χ3v) is 13.4. The third-order valence-electron chi connectivity index (χ3n) is 11.8. The highest BCUT2D eigenvalue weighted by molar-refractivity contribution is 8.00. The summed E-state index contributed by atoms with van der Waals surface area (Å²) in [7, 11) is 0. The Bertz CT molecular complexity index is 2220. The number of ether oxygens (including phenoxy) is 6. The van der Waals surface area contributed by atoms with Crippen molar-refractivity contribution in [1.29, 1.82) is 0 Å².